The fraction of sp³-hybridized carbons (Fsp3) is 0.360. The van der Waals surface area contributed by atoms with Gasteiger partial charge in [0.2, 0.25) is 0 Å². The molecule has 3 rings (SSSR count). The summed E-state index contributed by atoms with van der Waals surface area (Å²) in [7, 11) is 1.67. The van der Waals surface area contributed by atoms with E-state index in [4.69, 9.17) is 14.5 Å². The molecule has 0 aliphatic rings. The molecule has 0 fully saturated rings. The van der Waals surface area contributed by atoms with Gasteiger partial charge in [-0.1, -0.05) is 30.3 Å². The zero-order chi connectivity index (χ0) is 22.8. The number of methoxy groups -OCH3 is 1. The van der Waals surface area contributed by atoms with E-state index in [1.165, 1.54) is 0 Å². The van der Waals surface area contributed by atoms with E-state index in [0.29, 0.717) is 26.3 Å². The van der Waals surface area contributed by atoms with Crippen molar-refractivity contribution in [3.8, 4) is 11.4 Å². The number of nitrogens with one attached hydrogen (secondary N) is 2. The van der Waals surface area contributed by atoms with E-state index in [0.717, 1.165) is 46.5 Å². The Hall–Kier alpha value is -3.32. The first-order valence-electron chi connectivity index (χ1n) is 10.9. The highest BCUT2D eigenvalue weighted by molar-refractivity contribution is 5.79. The van der Waals surface area contributed by atoms with Gasteiger partial charge in [0, 0.05) is 25.9 Å². The van der Waals surface area contributed by atoms with E-state index >= 15 is 0 Å². The second kappa shape index (κ2) is 11.9. The van der Waals surface area contributed by atoms with E-state index < -0.39 is 0 Å². The van der Waals surface area contributed by atoms with Gasteiger partial charge in [0.05, 0.1) is 24.5 Å². The molecule has 0 saturated carbocycles. The van der Waals surface area contributed by atoms with E-state index in [2.05, 4.69) is 47.8 Å². The molecule has 32 heavy (non-hydrogen) atoms. The van der Waals surface area contributed by atoms with Crippen LogP contribution in [0.1, 0.15) is 29.4 Å². The molecule has 0 spiro atoms. The molecule has 2 aromatic carbocycles. The van der Waals surface area contributed by atoms with Crippen LogP contribution in [0.5, 0.6) is 5.75 Å². The highest BCUT2D eigenvalue weighted by Gasteiger charge is 2.09. The lowest BCUT2D eigenvalue weighted by molar-refractivity contribution is 0.146. The van der Waals surface area contributed by atoms with Crippen molar-refractivity contribution in [2.45, 2.75) is 33.9 Å². The first kappa shape index (κ1) is 23.3. The molecule has 0 bridgehead atoms. The zero-order valence-corrected chi connectivity index (χ0v) is 19.4. The maximum Gasteiger partial charge on any atom is 0.191 e. The Kier molecular flexibility index (Phi) is 8.69. The smallest absolute Gasteiger partial charge is 0.191 e. The second-order valence-electron chi connectivity index (χ2n) is 7.50. The van der Waals surface area contributed by atoms with Crippen LogP contribution < -0.4 is 15.4 Å². The van der Waals surface area contributed by atoms with Gasteiger partial charge < -0.3 is 20.1 Å². The Labute approximate surface area is 190 Å². The van der Waals surface area contributed by atoms with Crippen LogP contribution in [0, 0.1) is 13.8 Å². The molecule has 1 heterocycles. The molecule has 0 unspecified atom stereocenters. The average molecular weight is 436 g/mol. The molecule has 3 aromatic rings. The van der Waals surface area contributed by atoms with Crippen molar-refractivity contribution in [1.29, 1.82) is 0 Å². The van der Waals surface area contributed by atoms with Crippen LogP contribution in [0.25, 0.3) is 5.69 Å². The molecule has 0 radical (unpaired) electrons. The minimum absolute atomic E-state index is 0.543. The van der Waals surface area contributed by atoms with Gasteiger partial charge in [-0.05, 0) is 56.2 Å². The van der Waals surface area contributed by atoms with Gasteiger partial charge in [0.1, 0.15) is 12.4 Å². The molecular formula is C25H33N5O2. The minimum Gasteiger partial charge on any atom is -0.491 e. The first-order chi connectivity index (χ1) is 15.6. The number of aliphatic imine (C=N–C) groups is 1. The first-order valence-corrected chi connectivity index (χ1v) is 10.9. The normalized spacial score (nSPS) is 11.4. The number of rotatable bonds is 10. The van der Waals surface area contributed by atoms with E-state index in [1.807, 2.05) is 48.0 Å². The van der Waals surface area contributed by atoms with Crippen LogP contribution in [0.4, 0.5) is 0 Å². The lowest BCUT2D eigenvalue weighted by Crippen LogP contribution is -2.37. The summed E-state index contributed by atoms with van der Waals surface area (Å²) < 4.78 is 12.6. The SMILES string of the molecule is CCNC(=NCc1ccc(OCCOC)cc1)NCc1ccccc1-n1nc(C)cc1C. The maximum absolute atomic E-state index is 5.62. The number of nitrogens with zero attached hydrogens (tertiary/aromatic N) is 3. The molecule has 170 valence electrons. The van der Waals surface area contributed by atoms with Gasteiger partial charge in [-0.2, -0.15) is 5.10 Å². The van der Waals surface area contributed by atoms with Crippen LogP contribution in [0.3, 0.4) is 0 Å². The number of hydrogen-bond donors (Lipinski definition) is 2. The molecule has 0 aliphatic carbocycles. The second-order valence-corrected chi connectivity index (χ2v) is 7.50. The Morgan fingerprint density at radius 1 is 1.03 bits per heavy atom. The molecule has 0 aliphatic heterocycles. The molecule has 0 saturated heterocycles. The summed E-state index contributed by atoms with van der Waals surface area (Å²) in [5, 5.41) is 11.4. The highest BCUT2D eigenvalue weighted by Crippen LogP contribution is 2.17. The standard InChI is InChI=1S/C25H33N5O2/c1-5-26-25(27-17-21-10-12-23(13-11-21)32-15-14-31-4)28-18-22-8-6-7-9-24(22)30-20(3)16-19(2)29-30/h6-13,16H,5,14-15,17-18H2,1-4H3,(H2,26,27,28). The van der Waals surface area contributed by atoms with Crippen LogP contribution in [0.2, 0.25) is 0 Å². The number of para-hydroxylation sites is 1. The summed E-state index contributed by atoms with van der Waals surface area (Å²) in [6, 6.07) is 18.4. The van der Waals surface area contributed by atoms with Crippen LogP contribution >= 0.6 is 0 Å². The Morgan fingerprint density at radius 3 is 2.50 bits per heavy atom. The van der Waals surface area contributed by atoms with Crippen molar-refractivity contribution < 1.29 is 9.47 Å². The summed E-state index contributed by atoms with van der Waals surface area (Å²) in [6.45, 7) is 9.28. The monoisotopic (exact) mass is 435 g/mol. The van der Waals surface area contributed by atoms with E-state index in [1.54, 1.807) is 7.11 Å². The van der Waals surface area contributed by atoms with Gasteiger partial charge in [0.15, 0.2) is 5.96 Å². The maximum atomic E-state index is 5.62. The topological polar surface area (TPSA) is 72.7 Å². The predicted octanol–water partition coefficient (Wildman–Crippen LogP) is 3.77. The molecule has 2 N–H and O–H groups in total. The fourth-order valence-electron chi connectivity index (χ4n) is 3.36. The quantitative estimate of drug-likeness (QED) is 0.288. The van der Waals surface area contributed by atoms with Crippen molar-refractivity contribution in [2.24, 2.45) is 4.99 Å². The number of benzene rings is 2. The highest BCUT2D eigenvalue weighted by atomic mass is 16.5. The van der Waals surface area contributed by atoms with Gasteiger partial charge in [-0.3, -0.25) is 0 Å². The Bertz CT molecular complexity index is 1010. The molecule has 0 amide bonds. The average Bonchev–Trinajstić information content (AvgIpc) is 3.14. The number of aryl methyl sites for hydroxylation is 2. The summed E-state index contributed by atoms with van der Waals surface area (Å²) >= 11 is 0. The summed E-state index contributed by atoms with van der Waals surface area (Å²) in [5.41, 5.74) is 5.47. The summed E-state index contributed by atoms with van der Waals surface area (Å²) in [4.78, 5) is 4.74. The molecule has 1 aromatic heterocycles. The van der Waals surface area contributed by atoms with Crippen LogP contribution in [-0.4, -0.2) is 42.6 Å². The van der Waals surface area contributed by atoms with E-state index in [9.17, 15) is 0 Å². The predicted molar refractivity (Wildman–Crippen MR) is 129 cm³/mol. The number of guanidine groups is 1. The number of aromatic nitrogens is 2. The lowest BCUT2D eigenvalue weighted by Gasteiger charge is -2.15. The summed E-state index contributed by atoms with van der Waals surface area (Å²) in [5.74, 6) is 1.61. The van der Waals surface area contributed by atoms with Gasteiger partial charge in [0.25, 0.3) is 0 Å². The largest absolute Gasteiger partial charge is 0.491 e. The molecule has 7 heteroatoms. The third-order valence-electron chi connectivity index (χ3n) is 4.92. The lowest BCUT2D eigenvalue weighted by atomic mass is 10.1. The zero-order valence-electron chi connectivity index (χ0n) is 19.4. The van der Waals surface area contributed by atoms with Crippen molar-refractivity contribution in [1.82, 2.24) is 20.4 Å². The van der Waals surface area contributed by atoms with Gasteiger partial charge in [-0.15, -0.1) is 0 Å². The van der Waals surface area contributed by atoms with Gasteiger partial charge in [-0.25, -0.2) is 9.67 Å². The van der Waals surface area contributed by atoms with Crippen molar-refractivity contribution >= 4 is 5.96 Å². The number of hydrogen-bond acceptors (Lipinski definition) is 4. The van der Waals surface area contributed by atoms with Crippen LogP contribution in [0.15, 0.2) is 59.6 Å². The van der Waals surface area contributed by atoms with E-state index in [-0.39, 0.29) is 0 Å². The fourth-order valence-corrected chi connectivity index (χ4v) is 3.36. The molecule has 0 atom stereocenters. The Morgan fingerprint density at radius 2 is 1.81 bits per heavy atom. The third kappa shape index (κ3) is 6.59. The molecular weight excluding hydrogens is 402 g/mol. The van der Waals surface area contributed by atoms with Crippen molar-refractivity contribution in [3.05, 3.63) is 77.1 Å². The summed E-state index contributed by atoms with van der Waals surface area (Å²) in [6.07, 6.45) is 0. The third-order valence-corrected chi connectivity index (χ3v) is 4.92. The van der Waals surface area contributed by atoms with Crippen molar-refractivity contribution in [2.75, 3.05) is 26.9 Å². The molecule has 7 nitrogen and oxygen atoms in total. The van der Waals surface area contributed by atoms with Gasteiger partial charge >= 0.3 is 0 Å². The van der Waals surface area contributed by atoms with Crippen LogP contribution in [-0.2, 0) is 17.8 Å². The minimum atomic E-state index is 0.543. The Balaban J connectivity index is 1.65. The number of ether oxygens (including phenoxy) is 2. The van der Waals surface area contributed by atoms with Crippen molar-refractivity contribution in [3.63, 3.8) is 0 Å².